The minimum absolute atomic E-state index is 0.00413. The molecule has 1 aromatic heterocycles. The van der Waals surface area contributed by atoms with Crippen molar-refractivity contribution in [2.75, 3.05) is 39.4 Å². The van der Waals surface area contributed by atoms with Gasteiger partial charge in [-0.2, -0.15) is 5.10 Å². The molecule has 0 radical (unpaired) electrons. The Morgan fingerprint density at radius 2 is 2.24 bits per heavy atom. The van der Waals surface area contributed by atoms with Crippen LogP contribution in [0.15, 0.2) is 11.3 Å². The number of rotatable bonds is 7. The third-order valence-electron chi connectivity index (χ3n) is 4.08. The van der Waals surface area contributed by atoms with Crippen LogP contribution in [-0.4, -0.2) is 65.9 Å². The van der Waals surface area contributed by atoms with Gasteiger partial charge in [-0.05, 0) is 19.1 Å². The summed E-state index contributed by atoms with van der Waals surface area (Å²) in [5.74, 6) is 0.00413. The smallest absolute Gasteiger partial charge is 0.186 e. The summed E-state index contributed by atoms with van der Waals surface area (Å²) < 4.78 is 5.34. The molecule has 0 unspecified atom stereocenters. The maximum Gasteiger partial charge on any atom is 0.186 e. The molecule has 0 saturated carbocycles. The molecule has 1 saturated heterocycles. The van der Waals surface area contributed by atoms with Gasteiger partial charge in [0, 0.05) is 30.3 Å². The van der Waals surface area contributed by atoms with E-state index in [-0.39, 0.29) is 12.4 Å². The number of aromatic nitrogens is 1. The molecule has 2 heterocycles. The number of pyridine rings is 1. The van der Waals surface area contributed by atoms with Crippen molar-refractivity contribution in [3.63, 3.8) is 0 Å². The lowest BCUT2D eigenvalue weighted by Crippen LogP contribution is -3.14. The maximum absolute atomic E-state index is 10.0. The average molecular weight is 368 g/mol. The zero-order valence-electron chi connectivity index (χ0n) is 14.4. The molecule has 0 aliphatic carbocycles. The van der Waals surface area contributed by atoms with E-state index in [0.29, 0.717) is 21.9 Å². The summed E-state index contributed by atoms with van der Waals surface area (Å²) in [4.78, 5) is 5.56. The van der Waals surface area contributed by atoms with Crippen LogP contribution in [0, 0.1) is 6.92 Å². The number of aromatic hydroxyl groups is 1. The highest BCUT2D eigenvalue weighted by Gasteiger charge is 2.12. The van der Waals surface area contributed by atoms with Crippen molar-refractivity contribution < 1.29 is 19.8 Å². The van der Waals surface area contributed by atoms with Gasteiger partial charge in [-0.1, -0.05) is 0 Å². The predicted octanol–water partition coefficient (Wildman–Crippen LogP) is -1.31. The van der Waals surface area contributed by atoms with Crippen molar-refractivity contribution in [2.45, 2.75) is 20.0 Å². The predicted molar refractivity (Wildman–Crippen MR) is 98.9 cm³/mol. The number of aliphatic hydroxyl groups is 1. The minimum atomic E-state index is -0.227. The largest absolute Gasteiger partial charge is 0.505 e. The van der Waals surface area contributed by atoms with Crippen LogP contribution in [0.1, 0.15) is 23.2 Å². The molecule has 1 aliphatic heterocycles. The number of quaternary nitrogens is 1. The van der Waals surface area contributed by atoms with Crippen molar-refractivity contribution in [3.8, 4) is 5.75 Å². The standard InChI is InChI=1S/C16H25N5O3S/c1-12-15(23)14(13(11-22)9-18-12)10-19-20-16(25)17-3-2-4-21-5-7-24-8-6-21/h9-10,22-23H,2-8,11H2,1H3,(H2,17,20,25)/p+1/b19-10+. The van der Waals surface area contributed by atoms with Gasteiger partial charge in [0.25, 0.3) is 0 Å². The molecule has 0 amide bonds. The van der Waals surface area contributed by atoms with E-state index >= 15 is 0 Å². The van der Waals surface area contributed by atoms with Crippen LogP contribution in [-0.2, 0) is 11.3 Å². The zero-order chi connectivity index (χ0) is 18.1. The number of ether oxygens (including phenoxy) is 1. The summed E-state index contributed by atoms with van der Waals surface area (Å²) in [5.41, 5.74) is 4.13. The highest BCUT2D eigenvalue weighted by Crippen LogP contribution is 2.21. The van der Waals surface area contributed by atoms with Gasteiger partial charge < -0.3 is 25.2 Å². The van der Waals surface area contributed by atoms with Crippen molar-refractivity contribution in [1.29, 1.82) is 0 Å². The number of thiocarbonyl (C=S) groups is 1. The molecule has 0 bridgehead atoms. The van der Waals surface area contributed by atoms with Crippen molar-refractivity contribution in [2.24, 2.45) is 5.10 Å². The number of hydrogen-bond donors (Lipinski definition) is 5. The first-order chi connectivity index (χ1) is 12.1. The summed E-state index contributed by atoms with van der Waals surface area (Å²) >= 11 is 5.17. The fourth-order valence-electron chi connectivity index (χ4n) is 2.57. The number of nitrogens with zero attached hydrogens (tertiary/aromatic N) is 2. The Morgan fingerprint density at radius 1 is 1.48 bits per heavy atom. The molecule has 0 atom stereocenters. The van der Waals surface area contributed by atoms with Crippen LogP contribution in [0.2, 0.25) is 0 Å². The summed E-state index contributed by atoms with van der Waals surface area (Å²) in [6, 6.07) is 0. The topological polar surface area (TPSA) is 103 Å². The maximum atomic E-state index is 10.0. The fraction of sp³-hybridized carbons (Fsp3) is 0.562. The van der Waals surface area contributed by atoms with E-state index in [2.05, 4.69) is 20.8 Å². The molecule has 8 nitrogen and oxygen atoms in total. The zero-order valence-corrected chi connectivity index (χ0v) is 15.2. The second kappa shape index (κ2) is 10.2. The molecule has 25 heavy (non-hydrogen) atoms. The molecule has 138 valence electrons. The van der Waals surface area contributed by atoms with Crippen LogP contribution in [0.3, 0.4) is 0 Å². The van der Waals surface area contributed by atoms with E-state index in [4.69, 9.17) is 17.0 Å². The number of aliphatic hydroxyl groups excluding tert-OH is 1. The van der Waals surface area contributed by atoms with Gasteiger partial charge in [0.15, 0.2) is 5.11 Å². The number of morpholine rings is 1. The second-order valence-electron chi connectivity index (χ2n) is 5.88. The highest BCUT2D eigenvalue weighted by molar-refractivity contribution is 7.80. The fourth-order valence-corrected chi connectivity index (χ4v) is 2.72. The Kier molecular flexibility index (Phi) is 7.99. The summed E-state index contributed by atoms with van der Waals surface area (Å²) in [6.07, 6.45) is 3.96. The summed E-state index contributed by atoms with van der Waals surface area (Å²) in [5, 5.41) is 26.9. The minimum Gasteiger partial charge on any atom is -0.505 e. The van der Waals surface area contributed by atoms with Crippen molar-refractivity contribution in [1.82, 2.24) is 15.7 Å². The second-order valence-corrected chi connectivity index (χ2v) is 6.29. The van der Waals surface area contributed by atoms with E-state index in [0.717, 1.165) is 45.8 Å². The molecule has 9 heteroatoms. The Morgan fingerprint density at radius 3 is 2.96 bits per heavy atom. The molecular formula is C16H26N5O3S+. The molecular weight excluding hydrogens is 342 g/mol. The first-order valence-corrected chi connectivity index (χ1v) is 8.79. The lowest BCUT2D eigenvalue weighted by molar-refractivity contribution is -0.908. The third kappa shape index (κ3) is 6.20. The van der Waals surface area contributed by atoms with Gasteiger partial charge in [0.05, 0.1) is 38.3 Å². The average Bonchev–Trinajstić information content (AvgIpc) is 2.63. The van der Waals surface area contributed by atoms with E-state index < -0.39 is 0 Å². The molecule has 1 fully saturated rings. The lowest BCUT2D eigenvalue weighted by Gasteiger charge is -2.23. The van der Waals surface area contributed by atoms with Gasteiger partial charge >= 0.3 is 0 Å². The normalized spacial score (nSPS) is 15.4. The Labute approximate surface area is 152 Å². The number of aryl methyl sites for hydroxylation is 1. The molecule has 2 rings (SSSR count). The van der Waals surface area contributed by atoms with Gasteiger partial charge in [-0.25, -0.2) is 0 Å². The summed E-state index contributed by atoms with van der Waals surface area (Å²) in [7, 11) is 0. The van der Waals surface area contributed by atoms with E-state index in [1.165, 1.54) is 12.4 Å². The first-order valence-electron chi connectivity index (χ1n) is 8.38. The Balaban J connectivity index is 1.72. The first kappa shape index (κ1) is 19.5. The Bertz CT molecular complexity index is 606. The van der Waals surface area contributed by atoms with E-state index in [9.17, 15) is 10.2 Å². The van der Waals surface area contributed by atoms with Crippen LogP contribution >= 0.6 is 12.2 Å². The number of hydrazone groups is 1. The lowest BCUT2D eigenvalue weighted by atomic mass is 10.1. The molecule has 5 N–H and O–H groups in total. The monoisotopic (exact) mass is 368 g/mol. The van der Waals surface area contributed by atoms with Gasteiger partial charge in [-0.3, -0.25) is 10.4 Å². The SMILES string of the molecule is Cc1ncc(CO)c(/C=N/NC(=S)NCCC[NH+]2CCOCC2)c1O. The Hall–Kier alpha value is -1.81. The van der Waals surface area contributed by atoms with Crippen LogP contribution < -0.4 is 15.6 Å². The molecule has 1 aromatic rings. The van der Waals surface area contributed by atoms with Crippen molar-refractivity contribution >= 4 is 23.5 Å². The third-order valence-corrected chi connectivity index (χ3v) is 4.32. The quantitative estimate of drug-likeness (QED) is 0.176. The molecule has 0 aromatic carbocycles. The molecule has 1 aliphatic rings. The highest BCUT2D eigenvalue weighted by atomic mass is 32.1. The van der Waals surface area contributed by atoms with Gasteiger partial charge in [0.2, 0.25) is 0 Å². The van der Waals surface area contributed by atoms with Crippen molar-refractivity contribution in [3.05, 3.63) is 23.0 Å². The number of hydrogen-bond acceptors (Lipinski definition) is 6. The van der Waals surface area contributed by atoms with Gasteiger partial charge in [-0.15, -0.1) is 0 Å². The van der Waals surface area contributed by atoms with Crippen LogP contribution in [0.5, 0.6) is 5.75 Å². The van der Waals surface area contributed by atoms with E-state index in [1.54, 1.807) is 11.8 Å². The van der Waals surface area contributed by atoms with Crippen LogP contribution in [0.4, 0.5) is 0 Å². The van der Waals surface area contributed by atoms with E-state index in [1.807, 2.05) is 0 Å². The summed E-state index contributed by atoms with van der Waals surface area (Å²) in [6.45, 7) is 7.13. The molecule has 0 spiro atoms. The van der Waals surface area contributed by atoms with Gasteiger partial charge in [0.1, 0.15) is 18.8 Å². The van der Waals surface area contributed by atoms with Crippen LogP contribution in [0.25, 0.3) is 0 Å². The number of nitrogens with one attached hydrogen (secondary N) is 3.